The summed E-state index contributed by atoms with van der Waals surface area (Å²) in [6.45, 7) is 2.13. The van der Waals surface area contributed by atoms with Crippen molar-refractivity contribution in [3.63, 3.8) is 0 Å². The molecule has 0 aliphatic heterocycles. The summed E-state index contributed by atoms with van der Waals surface area (Å²) < 4.78 is 2.24. The molecule has 0 N–H and O–H groups in total. The lowest BCUT2D eigenvalue weighted by molar-refractivity contribution is 1.28. The van der Waals surface area contributed by atoms with Crippen LogP contribution in [0.3, 0.4) is 0 Å². The summed E-state index contributed by atoms with van der Waals surface area (Å²) in [5, 5.41) is 0. The molecular formula is C13H10Br2S. The maximum atomic E-state index is 3.48. The van der Waals surface area contributed by atoms with Crippen LogP contribution in [-0.4, -0.2) is 0 Å². The van der Waals surface area contributed by atoms with E-state index in [2.05, 4.69) is 81.2 Å². The minimum Gasteiger partial charge on any atom is -0.0898 e. The fraction of sp³-hybridized carbons (Fsp3) is 0.0769. The van der Waals surface area contributed by atoms with Gasteiger partial charge in [-0.3, -0.25) is 0 Å². The van der Waals surface area contributed by atoms with Crippen molar-refractivity contribution in [3.05, 3.63) is 57.0 Å². The van der Waals surface area contributed by atoms with Crippen molar-refractivity contribution in [1.29, 1.82) is 0 Å². The lowest BCUT2D eigenvalue weighted by Gasteiger charge is -2.06. The third kappa shape index (κ3) is 3.12. The second kappa shape index (κ2) is 5.39. The van der Waals surface area contributed by atoms with Crippen molar-refractivity contribution in [1.82, 2.24) is 0 Å². The van der Waals surface area contributed by atoms with E-state index in [-0.39, 0.29) is 0 Å². The highest BCUT2D eigenvalue weighted by Crippen LogP contribution is 2.32. The van der Waals surface area contributed by atoms with Crippen molar-refractivity contribution in [2.75, 3.05) is 0 Å². The van der Waals surface area contributed by atoms with Crippen molar-refractivity contribution in [2.45, 2.75) is 16.7 Å². The maximum absolute atomic E-state index is 3.48. The Kier molecular flexibility index (Phi) is 4.11. The molecule has 0 bridgehead atoms. The zero-order valence-corrected chi connectivity index (χ0v) is 12.7. The molecule has 0 saturated carbocycles. The Balaban J connectivity index is 2.23. The normalized spacial score (nSPS) is 10.4. The SMILES string of the molecule is Cc1cc(Br)ccc1Sc1ccc(Br)cc1. The molecule has 0 amide bonds. The third-order valence-corrected chi connectivity index (χ3v) is 4.39. The summed E-state index contributed by atoms with van der Waals surface area (Å²) >= 11 is 8.71. The molecule has 0 unspecified atom stereocenters. The van der Waals surface area contributed by atoms with Crippen molar-refractivity contribution in [3.8, 4) is 0 Å². The van der Waals surface area contributed by atoms with Crippen molar-refractivity contribution < 1.29 is 0 Å². The van der Waals surface area contributed by atoms with Crippen LogP contribution < -0.4 is 0 Å². The Bertz CT molecular complexity index is 492. The Labute approximate surface area is 117 Å². The molecule has 0 fully saturated rings. The first-order valence-corrected chi connectivity index (χ1v) is 7.25. The number of benzene rings is 2. The third-order valence-electron chi connectivity index (χ3n) is 2.18. The van der Waals surface area contributed by atoms with E-state index in [1.807, 2.05) is 0 Å². The molecule has 0 atom stereocenters. The molecule has 16 heavy (non-hydrogen) atoms. The van der Waals surface area contributed by atoms with E-state index in [1.165, 1.54) is 15.4 Å². The average Bonchev–Trinajstić information content (AvgIpc) is 2.25. The van der Waals surface area contributed by atoms with Crippen LogP contribution in [0.1, 0.15) is 5.56 Å². The largest absolute Gasteiger partial charge is 0.0898 e. The first-order valence-electron chi connectivity index (χ1n) is 4.85. The van der Waals surface area contributed by atoms with Crippen LogP contribution in [0, 0.1) is 6.92 Å². The Morgan fingerprint density at radius 2 is 1.50 bits per heavy atom. The minimum atomic E-state index is 1.12. The van der Waals surface area contributed by atoms with Gasteiger partial charge in [0.2, 0.25) is 0 Å². The Morgan fingerprint density at radius 1 is 0.875 bits per heavy atom. The van der Waals surface area contributed by atoms with E-state index in [4.69, 9.17) is 0 Å². The Hall–Kier alpha value is -0.250. The van der Waals surface area contributed by atoms with Crippen LogP contribution in [0.4, 0.5) is 0 Å². The van der Waals surface area contributed by atoms with Crippen molar-refractivity contribution in [2.24, 2.45) is 0 Å². The van der Waals surface area contributed by atoms with Gasteiger partial charge in [-0.15, -0.1) is 0 Å². The van der Waals surface area contributed by atoms with Gasteiger partial charge < -0.3 is 0 Å². The molecular weight excluding hydrogens is 348 g/mol. The van der Waals surface area contributed by atoms with E-state index < -0.39 is 0 Å². The average molecular weight is 358 g/mol. The highest BCUT2D eigenvalue weighted by atomic mass is 79.9. The monoisotopic (exact) mass is 356 g/mol. The van der Waals surface area contributed by atoms with Gasteiger partial charge in [0, 0.05) is 18.7 Å². The predicted molar refractivity (Wildman–Crippen MR) is 77.1 cm³/mol. The molecule has 0 nitrogen and oxygen atoms in total. The number of hydrogen-bond acceptors (Lipinski definition) is 1. The quantitative estimate of drug-likeness (QED) is 0.667. The van der Waals surface area contributed by atoms with E-state index in [0.717, 1.165) is 8.95 Å². The van der Waals surface area contributed by atoms with Crippen LogP contribution in [0.2, 0.25) is 0 Å². The van der Waals surface area contributed by atoms with E-state index in [9.17, 15) is 0 Å². The maximum Gasteiger partial charge on any atom is 0.0178 e. The van der Waals surface area contributed by atoms with Crippen LogP contribution in [0.25, 0.3) is 0 Å². The second-order valence-corrected chi connectivity index (χ2v) is 6.41. The van der Waals surface area contributed by atoms with Gasteiger partial charge >= 0.3 is 0 Å². The highest BCUT2D eigenvalue weighted by molar-refractivity contribution is 9.10. The standard InChI is InChI=1S/C13H10Br2S/c1-9-8-11(15)4-7-13(9)16-12-5-2-10(14)3-6-12/h2-8H,1H3. The lowest BCUT2D eigenvalue weighted by Crippen LogP contribution is -1.79. The molecule has 3 heteroatoms. The summed E-state index contributed by atoms with van der Waals surface area (Å²) in [5.74, 6) is 0. The Morgan fingerprint density at radius 3 is 2.12 bits per heavy atom. The molecule has 0 radical (unpaired) electrons. The van der Waals surface area contributed by atoms with Gasteiger partial charge in [-0.25, -0.2) is 0 Å². The van der Waals surface area contributed by atoms with Gasteiger partial charge in [-0.05, 0) is 55.0 Å². The molecule has 0 aliphatic rings. The van der Waals surface area contributed by atoms with Gasteiger partial charge in [0.05, 0.1) is 0 Å². The molecule has 0 saturated heterocycles. The van der Waals surface area contributed by atoms with E-state index in [1.54, 1.807) is 11.8 Å². The van der Waals surface area contributed by atoms with Crippen LogP contribution in [-0.2, 0) is 0 Å². The molecule has 0 heterocycles. The molecule has 0 aliphatic carbocycles. The minimum absolute atomic E-state index is 1.12. The summed E-state index contributed by atoms with van der Waals surface area (Å²) in [6.07, 6.45) is 0. The van der Waals surface area contributed by atoms with Gasteiger partial charge in [-0.1, -0.05) is 43.6 Å². The highest BCUT2D eigenvalue weighted by Gasteiger charge is 2.01. The molecule has 2 aromatic rings. The van der Waals surface area contributed by atoms with Gasteiger partial charge in [0.15, 0.2) is 0 Å². The topological polar surface area (TPSA) is 0 Å². The molecule has 2 rings (SSSR count). The van der Waals surface area contributed by atoms with Crippen molar-refractivity contribution >= 4 is 43.6 Å². The van der Waals surface area contributed by atoms with Gasteiger partial charge in [-0.2, -0.15) is 0 Å². The summed E-state index contributed by atoms with van der Waals surface area (Å²) in [7, 11) is 0. The molecule has 82 valence electrons. The van der Waals surface area contributed by atoms with Gasteiger partial charge in [0.1, 0.15) is 0 Å². The first kappa shape index (κ1) is 12.2. The molecule has 2 aromatic carbocycles. The van der Waals surface area contributed by atoms with E-state index >= 15 is 0 Å². The smallest absolute Gasteiger partial charge is 0.0178 e. The lowest BCUT2D eigenvalue weighted by atomic mass is 10.2. The molecule has 0 aromatic heterocycles. The second-order valence-electron chi connectivity index (χ2n) is 3.47. The number of aryl methyl sites for hydroxylation is 1. The van der Waals surface area contributed by atoms with Crippen LogP contribution in [0.5, 0.6) is 0 Å². The summed E-state index contributed by atoms with van der Waals surface area (Å²) in [5.41, 5.74) is 1.29. The summed E-state index contributed by atoms with van der Waals surface area (Å²) in [4.78, 5) is 2.55. The van der Waals surface area contributed by atoms with Crippen LogP contribution in [0.15, 0.2) is 61.2 Å². The fourth-order valence-corrected chi connectivity index (χ4v) is 2.98. The molecule has 0 spiro atoms. The first-order chi connectivity index (χ1) is 7.65. The van der Waals surface area contributed by atoms with Gasteiger partial charge in [0.25, 0.3) is 0 Å². The predicted octanol–water partition coefficient (Wildman–Crippen LogP) is 5.67. The summed E-state index contributed by atoms with van der Waals surface area (Å²) in [6, 6.07) is 14.7. The number of rotatable bonds is 2. The fourth-order valence-electron chi connectivity index (χ4n) is 1.36. The number of halogens is 2. The van der Waals surface area contributed by atoms with E-state index in [0.29, 0.717) is 0 Å². The zero-order valence-electron chi connectivity index (χ0n) is 8.71. The number of hydrogen-bond donors (Lipinski definition) is 0. The van der Waals surface area contributed by atoms with Crippen LogP contribution >= 0.6 is 43.6 Å². The zero-order chi connectivity index (χ0) is 11.5.